The van der Waals surface area contributed by atoms with Crippen LogP contribution in [0.4, 0.5) is 0 Å². The topological polar surface area (TPSA) is 625 Å². The Balaban J connectivity index is 0.000000219. The molecule has 4 aliphatic carbocycles. The molecule has 2 aliphatic heterocycles. The van der Waals surface area contributed by atoms with Crippen LogP contribution in [-0.2, 0) is 55.8 Å². The van der Waals surface area contributed by atoms with Crippen LogP contribution in [0.5, 0.6) is 46.0 Å². The molecule has 13 rings (SSSR count). The predicted octanol–water partition coefficient (Wildman–Crippen LogP) is 4.91. The molecule has 0 spiro atoms. The highest BCUT2D eigenvalue weighted by Crippen LogP contribution is 2.55. The molecular formula is C93H110ClN7O31S2. The van der Waals surface area contributed by atoms with Crippen LogP contribution in [-0.4, -0.2) is 278 Å². The Morgan fingerprint density at radius 2 is 1.04 bits per heavy atom. The number of carboxylic acids is 3. The van der Waals surface area contributed by atoms with Gasteiger partial charge in [-0.2, -0.15) is 0 Å². The second-order valence-electron chi connectivity index (χ2n) is 32.4. The van der Waals surface area contributed by atoms with Gasteiger partial charge in [-0.25, -0.2) is 4.79 Å². The highest BCUT2D eigenvalue weighted by molar-refractivity contribution is 7.80. The molecule has 134 heavy (non-hydrogen) atoms. The Morgan fingerprint density at radius 3 is 1.42 bits per heavy atom. The van der Waals surface area contributed by atoms with Gasteiger partial charge < -0.3 is 137 Å². The SMILES string of the molecule is C=CC(C)NC(=S)NNC(=S)NC.CC/C(=C(/c1ccc(OCCN(C)C)cc1)c1cccc(O)c1)c1ccccc1.COc1cccc2c1C(=O)c1c(O)c3c(c(O)c1C2=O)C[C@@](O)(C(=O)CO)C[C@@H]3OC1CC(N)C(O)C(C)O1.COc1cccc2c1C(=O)c1c(O)c3c(c(O)c1C2=O)C[C@@](O)(C(=O)CO)C[C@@H]3O[C@H]1C[C@H](N)[C@H](O)[C@H](C)O1.Cl.O=C(O)CC(O)(CC(=O)O)C(=O)O. The number of hydrazine groups is 1. The van der Waals surface area contributed by atoms with Gasteiger partial charge >= 0.3 is 17.9 Å². The second kappa shape index (κ2) is 46.3. The van der Waals surface area contributed by atoms with Crippen LogP contribution in [0.15, 0.2) is 128 Å². The van der Waals surface area contributed by atoms with Gasteiger partial charge in [-0.05, 0) is 130 Å². The third kappa shape index (κ3) is 24.2. The fourth-order valence-electron chi connectivity index (χ4n) is 16.1. The van der Waals surface area contributed by atoms with E-state index in [1.54, 1.807) is 33.0 Å². The molecule has 2 saturated heterocycles. The number of aliphatic hydroxyl groups excluding tert-OH is 4. The number of thiocarbonyl (C=S) groups is 2. The predicted molar refractivity (Wildman–Crippen MR) is 492 cm³/mol. The largest absolute Gasteiger partial charge is 0.508 e. The van der Waals surface area contributed by atoms with Gasteiger partial charge in [0.15, 0.2) is 51.5 Å². The smallest absolute Gasteiger partial charge is 0.336 e. The first kappa shape index (κ1) is 107. The normalized spacial score (nSPS) is 22.1. The molecule has 5 unspecified atom stereocenters. The number of Topliss-reactive ketones (excluding diaryl/α,β-unsaturated/α-hetero) is 2. The number of allylic oxidation sites excluding steroid dienone is 1. The van der Waals surface area contributed by atoms with Gasteiger partial charge in [0.05, 0.1) is 97.1 Å². The Hall–Kier alpha value is -12.0. The van der Waals surface area contributed by atoms with Crippen molar-refractivity contribution in [3.63, 3.8) is 0 Å². The number of rotatable bonds is 25. The number of carbonyl (C=O) groups excluding carboxylic acids is 6. The van der Waals surface area contributed by atoms with E-state index in [4.69, 9.17) is 89.5 Å². The van der Waals surface area contributed by atoms with Gasteiger partial charge in [-0.15, -0.1) is 19.0 Å². The summed E-state index contributed by atoms with van der Waals surface area (Å²) in [6.45, 7) is 10.4. The molecule has 23 N–H and O–H groups in total. The highest BCUT2D eigenvalue weighted by atomic mass is 35.5. The number of aliphatic carboxylic acids is 3. The number of carboxylic acid groups (broad SMARTS) is 3. The molecule has 0 bridgehead atoms. The van der Waals surface area contributed by atoms with Crippen molar-refractivity contribution in [1.29, 1.82) is 0 Å². The number of methoxy groups -OCH3 is 2. The van der Waals surface area contributed by atoms with E-state index in [1.807, 2.05) is 51.4 Å². The van der Waals surface area contributed by atoms with Crippen LogP contribution in [0, 0.1) is 0 Å². The number of likely N-dealkylation sites (N-methyl/N-ethyl adjacent to an activating group) is 1. The fourth-order valence-corrected chi connectivity index (χ4v) is 16.4. The van der Waals surface area contributed by atoms with Crippen LogP contribution in [0.3, 0.4) is 0 Å². The minimum absolute atomic E-state index is 0. The van der Waals surface area contributed by atoms with E-state index < -0.39 is 228 Å². The van der Waals surface area contributed by atoms with Crippen molar-refractivity contribution in [2.45, 2.75) is 170 Å². The minimum Gasteiger partial charge on any atom is -0.508 e. The Kier molecular flexibility index (Phi) is 37.0. The van der Waals surface area contributed by atoms with Gasteiger partial charge in [0, 0.05) is 104 Å². The molecule has 13 atom stereocenters. The van der Waals surface area contributed by atoms with Crippen molar-refractivity contribution >= 4 is 111 Å². The van der Waals surface area contributed by atoms with Crippen LogP contribution in [0.2, 0.25) is 0 Å². The lowest BCUT2D eigenvalue weighted by Crippen LogP contribution is -2.53. The lowest BCUT2D eigenvalue weighted by molar-refractivity contribution is -0.247. The summed E-state index contributed by atoms with van der Waals surface area (Å²) in [5.41, 5.74) is 13.1. The molecule has 0 aromatic heterocycles. The average Bonchev–Trinajstić information content (AvgIpc) is 0.712. The number of aromatic hydroxyl groups is 5. The third-order valence-electron chi connectivity index (χ3n) is 23.0. The van der Waals surface area contributed by atoms with E-state index in [1.165, 1.54) is 61.8 Å². The number of carbonyl (C=O) groups is 9. The van der Waals surface area contributed by atoms with Crippen molar-refractivity contribution in [1.82, 2.24) is 26.4 Å². The van der Waals surface area contributed by atoms with Crippen LogP contribution < -0.4 is 47.2 Å². The first-order chi connectivity index (χ1) is 62.8. The molecule has 0 radical (unpaired) electrons. The summed E-state index contributed by atoms with van der Waals surface area (Å²) in [7, 11) is 8.44. The van der Waals surface area contributed by atoms with Gasteiger partial charge in [0.1, 0.15) is 77.0 Å². The number of aliphatic hydroxyl groups is 7. The summed E-state index contributed by atoms with van der Waals surface area (Å²) in [4.78, 5) is 112. The van der Waals surface area contributed by atoms with E-state index in [9.17, 15) is 99.3 Å². The lowest BCUT2D eigenvalue weighted by atomic mass is 9.72. The van der Waals surface area contributed by atoms with Crippen molar-refractivity contribution in [3.8, 4) is 46.0 Å². The van der Waals surface area contributed by atoms with Gasteiger partial charge in [0.2, 0.25) is 11.6 Å². The van der Waals surface area contributed by atoms with E-state index in [2.05, 4.69) is 82.4 Å². The van der Waals surface area contributed by atoms with Crippen molar-refractivity contribution in [2.75, 3.05) is 61.7 Å². The zero-order valence-electron chi connectivity index (χ0n) is 74.4. The monoisotopic (exact) mass is 1920 g/mol. The number of phenols is 5. The lowest BCUT2D eigenvalue weighted by Gasteiger charge is -2.42. The first-order valence-electron chi connectivity index (χ1n) is 41.8. The Morgan fingerprint density at radius 1 is 0.612 bits per heavy atom. The van der Waals surface area contributed by atoms with Gasteiger partial charge in [-0.1, -0.05) is 91.9 Å². The molecule has 2 heterocycles. The second-order valence-corrected chi connectivity index (χ2v) is 33.2. The number of benzene rings is 7. The van der Waals surface area contributed by atoms with Crippen LogP contribution in [0.1, 0.15) is 187 Å². The number of halogens is 1. The highest BCUT2D eigenvalue weighted by Gasteiger charge is 2.53. The number of ketones is 6. The zero-order chi connectivity index (χ0) is 98.3. The van der Waals surface area contributed by atoms with E-state index in [0.717, 1.165) is 35.4 Å². The standard InChI is InChI=1S/2C27H29NO11.C26H29NO2.C7H14N4S2.C6H8O7.ClH/c2*1-10-22(31)13(28)6-17(38-10)39-15-8-27(36,16(30)9-29)7-12-19(15)26(35)21-20(24(12)33)23(32)11-4-3-5-14(37-2)18(11)25(21)34;1-4-25(20-9-6-5-7-10-20)26(22-11-8-12-23(28)19-22)21-13-15-24(16-14-21)29-18-17-27(2)3;1-4-5(2)9-7(13)11-10-6(12)8-3;7-3(8)1-6(13,5(11)12)2-4(9)10;/h2*3-5,10,13,15,17,22,29,31,33,35-36H,6-9,28H2,1-2H3;5-16,19,28H,4,17-18H2,1-3H3;4-5H,1H2,2-3H3,(H2,8,10,12)(H2,9,11,13);13H,1-2H2,(H,7,8)(H,9,10)(H,11,12);1H/b;;26-25+;;;/t10?,13?,15-,17?,22?,27-;10-,13-,15-,17-,22+,27-;;;;/m00..../s1. The Labute approximate surface area is 786 Å². The quantitative estimate of drug-likeness (QED) is 0.0119. The number of nitrogens with zero attached hydrogens (tertiary/aromatic N) is 1. The van der Waals surface area contributed by atoms with Gasteiger partial charge in [0.25, 0.3) is 0 Å². The Bertz CT molecular complexity index is 5360. The molecule has 38 nitrogen and oxygen atoms in total. The minimum atomic E-state index is -2.74. The number of nitrogens with one attached hydrogen (secondary N) is 4. The third-order valence-corrected chi connectivity index (χ3v) is 23.5. The molecule has 2 fully saturated rings. The summed E-state index contributed by atoms with van der Waals surface area (Å²) in [5, 5.41) is 158. The maximum absolute atomic E-state index is 13.6. The molecule has 7 aromatic rings. The summed E-state index contributed by atoms with van der Waals surface area (Å²) in [6.07, 6.45) is -9.89. The number of fused-ring (bicyclic) bond motifs is 6. The molecule has 41 heteroatoms. The first-order valence-corrected chi connectivity index (χ1v) is 42.6. The summed E-state index contributed by atoms with van der Waals surface area (Å²) in [6, 6.07) is 33.6. The molecule has 6 aliphatic rings. The van der Waals surface area contributed by atoms with E-state index in [-0.39, 0.29) is 93.0 Å². The molecule has 7 aromatic carbocycles. The summed E-state index contributed by atoms with van der Waals surface area (Å²) in [5.74, 6) is -11.4. The average molecular weight is 1920 g/mol. The number of ether oxygens (including phenoxy) is 7. The zero-order valence-corrected chi connectivity index (χ0v) is 76.8. The van der Waals surface area contributed by atoms with Gasteiger partial charge in [-0.3, -0.25) is 49.2 Å². The molecule has 0 saturated carbocycles. The maximum atomic E-state index is 13.6. The van der Waals surface area contributed by atoms with Crippen molar-refractivity contribution in [3.05, 3.63) is 211 Å². The van der Waals surface area contributed by atoms with Crippen LogP contribution >= 0.6 is 36.8 Å². The number of phenolic OH excluding ortho intramolecular Hbond substituents is 5. The summed E-state index contributed by atoms with van der Waals surface area (Å²) >= 11 is 9.77. The number of hydrogen-bond acceptors (Lipinski definition) is 33. The van der Waals surface area contributed by atoms with Crippen molar-refractivity contribution < 1.29 is 153 Å². The number of hydrogen-bond donors (Lipinski definition) is 21. The van der Waals surface area contributed by atoms with E-state index in [0.29, 0.717) is 16.8 Å². The summed E-state index contributed by atoms with van der Waals surface area (Å²) < 4.78 is 39.8. The molecule has 722 valence electrons. The van der Waals surface area contributed by atoms with Crippen molar-refractivity contribution in [2.24, 2.45) is 11.5 Å². The maximum Gasteiger partial charge on any atom is 0.336 e. The fraction of sp³-hybridized carbons (Fsp3) is 0.387. The molecular weight excluding hydrogens is 1810 g/mol. The van der Waals surface area contributed by atoms with E-state index >= 15 is 0 Å². The molecule has 0 amide bonds. The van der Waals surface area contributed by atoms with Crippen LogP contribution in [0.25, 0.3) is 11.1 Å². The number of nitrogens with two attached hydrogens (primary N) is 2.